The monoisotopic (exact) mass is 272 g/mol. The second kappa shape index (κ2) is 4.55. The van der Waals surface area contributed by atoms with Gasteiger partial charge in [-0.2, -0.15) is 0 Å². The summed E-state index contributed by atoms with van der Waals surface area (Å²) in [5, 5.41) is 0.868. The molecule has 0 unspecified atom stereocenters. The summed E-state index contributed by atoms with van der Waals surface area (Å²) >= 11 is 1.57. The van der Waals surface area contributed by atoms with Crippen molar-refractivity contribution in [3.63, 3.8) is 0 Å². The van der Waals surface area contributed by atoms with Crippen molar-refractivity contribution in [3.05, 3.63) is 45.9 Å². The van der Waals surface area contributed by atoms with Gasteiger partial charge in [0.2, 0.25) is 5.95 Å². The summed E-state index contributed by atoms with van der Waals surface area (Å²) in [6, 6.07) is 8.07. The van der Waals surface area contributed by atoms with E-state index in [2.05, 4.69) is 15.0 Å². The average molecular weight is 272 g/mol. The molecule has 5 nitrogen and oxygen atoms in total. The van der Waals surface area contributed by atoms with E-state index in [0.29, 0.717) is 17.8 Å². The Morgan fingerprint density at radius 2 is 2.16 bits per heavy atom. The average Bonchev–Trinajstić information content (AvgIpc) is 2.75. The fraction of sp³-hybridized carbons (Fsp3) is 0.154. The lowest BCUT2D eigenvalue weighted by Crippen LogP contribution is -2.11. The molecule has 0 saturated heterocycles. The van der Waals surface area contributed by atoms with Gasteiger partial charge >= 0.3 is 0 Å². The van der Waals surface area contributed by atoms with Crippen molar-refractivity contribution in [2.24, 2.45) is 4.99 Å². The van der Waals surface area contributed by atoms with E-state index < -0.39 is 0 Å². The van der Waals surface area contributed by atoms with Gasteiger partial charge in [-0.25, -0.2) is 9.98 Å². The van der Waals surface area contributed by atoms with E-state index in [1.54, 1.807) is 11.8 Å². The van der Waals surface area contributed by atoms with Gasteiger partial charge in [0.1, 0.15) is 0 Å². The lowest BCUT2D eigenvalue weighted by Gasteiger charge is -2.03. The van der Waals surface area contributed by atoms with Crippen LogP contribution in [0.25, 0.3) is 0 Å². The molecule has 0 spiro atoms. The van der Waals surface area contributed by atoms with Crippen molar-refractivity contribution in [2.75, 3.05) is 5.73 Å². The lowest BCUT2D eigenvalue weighted by molar-refractivity contribution is 1.08. The van der Waals surface area contributed by atoms with Crippen LogP contribution in [0.4, 0.5) is 11.6 Å². The van der Waals surface area contributed by atoms with E-state index in [-0.39, 0.29) is 11.5 Å². The Kier molecular flexibility index (Phi) is 2.87. The number of hydrogen-bond donors (Lipinski definition) is 2. The molecule has 0 atom stereocenters. The molecule has 96 valence electrons. The van der Waals surface area contributed by atoms with Crippen molar-refractivity contribution >= 4 is 28.4 Å². The first-order chi connectivity index (χ1) is 9.13. The molecule has 1 aliphatic rings. The SMILES string of the molecule is Cc1ccccc1SC1=Nc2c(nc(N)[nH]c2=O)C1. The molecule has 3 N–H and O–H groups in total. The zero-order valence-electron chi connectivity index (χ0n) is 10.3. The first-order valence-corrected chi connectivity index (χ1v) is 6.65. The van der Waals surface area contributed by atoms with E-state index in [9.17, 15) is 4.79 Å². The van der Waals surface area contributed by atoms with Crippen LogP contribution in [0.15, 0.2) is 38.9 Å². The number of anilines is 1. The first-order valence-electron chi connectivity index (χ1n) is 5.83. The van der Waals surface area contributed by atoms with E-state index in [4.69, 9.17) is 5.73 Å². The van der Waals surface area contributed by atoms with Gasteiger partial charge in [0.25, 0.3) is 5.56 Å². The standard InChI is InChI=1S/C13H12N4OS/c1-7-4-2-3-5-9(7)19-10-6-8-11(16-10)12(18)17-13(14)15-8/h2-5H,6H2,1H3,(H3,14,15,17,18). The number of rotatable bonds is 1. The number of nitrogens with zero attached hydrogens (tertiary/aromatic N) is 2. The molecule has 0 bridgehead atoms. The van der Waals surface area contributed by atoms with Gasteiger partial charge in [0, 0.05) is 11.3 Å². The Morgan fingerprint density at radius 1 is 1.37 bits per heavy atom. The maximum absolute atomic E-state index is 11.7. The molecule has 2 aromatic rings. The lowest BCUT2D eigenvalue weighted by atomic mass is 10.2. The number of nitrogen functional groups attached to an aromatic ring is 1. The zero-order valence-corrected chi connectivity index (χ0v) is 11.1. The molecule has 0 radical (unpaired) electrons. The predicted octanol–water partition coefficient (Wildman–Crippen LogP) is 2.04. The summed E-state index contributed by atoms with van der Waals surface area (Å²) in [4.78, 5) is 23.8. The molecule has 1 aromatic carbocycles. The fourth-order valence-electron chi connectivity index (χ4n) is 1.94. The van der Waals surface area contributed by atoms with Crippen molar-refractivity contribution in [3.8, 4) is 0 Å². The number of benzene rings is 1. The number of aromatic nitrogens is 2. The largest absolute Gasteiger partial charge is 0.369 e. The van der Waals surface area contributed by atoms with Crippen molar-refractivity contribution in [1.29, 1.82) is 0 Å². The number of hydrogen-bond acceptors (Lipinski definition) is 5. The van der Waals surface area contributed by atoms with Crippen LogP contribution < -0.4 is 11.3 Å². The number of aromatic amines is 1. The summed E-state index contributed by atoms with van der Waals surface area (Å²) in [7, 11) is 0. The van der Waals surface area contributed by atoms with Gasteiger partial charge in [0.15, 0.2) is 5.69 Å². The maximum Gasteiger partial charge on any atom is 0.278 e. The quantitative estimate of drug-likeness (QED) is 0.832. The molecule has 2 heterocycles. The summed E-state index contributed by atoms with van der Waals surface area (Å²) < 4.78 is 0. The Hall–Kier alpha value is -2.08. The minimum Gasteiger partial charge on any atom is -0.369 e. The molecule has 0 fully saturated rings. The van der Waals surface area contributed by atoms with Crippen LogP contribution >= 0.6 is 11.8 Å². The number of thioether (sulfide) groups is 1. The number of aryl methyl sites for hydroxylation is 1. The normalized spacial score (nSPS) is 13.2. The number of H-pyrrole nitrogens is 1. The van der Waals surface area contributed by atoms with E-state index >= 15 is 0 Å². The fourth-order valence-corrected chi connectivity index (χ4v) is 2.91. The number of nitrogens with one attached hydrogen (secondary N) is 1. The van der Waals surface area contributed by atoms with Crippen molar-refractivity contribution < 1.29 is 0 Å². The Balaban J connectivity index is 1.91. The zero-order chi connectivity index (χ0) is 13.4. The van der Waals surface area contributed by atoms with Gasteiger partial charge < -0.3 is 5.73 Å². The molecule has 0 saturated carbocycles. The molecule has 0 amide bonds. The van der Waals surface area contributed by atoms with Crippen LogP contribution in [0.5, 0.6) is 0 Å². The predicted molar refractivity (Wildman–Crippen MR) is 77.1 cm³/mol. The van der Waals surface area contributed by atoms with Crippen molar-refractivity contribution in [2.45, 2.75) is 18.2 Å². The van der Waals surface area contributed by atoms with Gasteiger partial charge in [-0.05, 0) is 18.6 Å². The molecule has 6 heteroatoms. The highest BCUT2D eigenvalue weighted by atomic mass is 32.2. The third-order valence-electron chi connectivity index (χ3n) is 2.86. The van der Waals surface area contributed by atoms with Crippen LogP contribution in [-0.4, -0.2) is 15.0 Å². The van der Waals surface area contributed by atoms with E-state index in [1.165, 1.54) is 5.56 Å². The Morgan fingerprint density at radius 3 is 2.95 bits per heavy atom. The molecule has 1 aromatic heterocycles. The number of fused-ring (bicyclic) bond motifs is 1. The third kappa shape index (κ3) is 2.26. The second-order valence-electron chi connectivity index (χ2n) is 4.30. The minimum atomic E-state index is -0.275. The summed E-state index contributed by atoms with van der Waals surface area (Å²) in [5.74, 6) is 0.140. The van der Waals surface area contributed by atoms with E-state index in [0.717, 1.165) is 9.94 Å². The summed E-state index contributed by atoms with van der Waals surface area (Å²) in [5.41, 5.74) is 7.47. The highest BCUT2D eigenvalue weighted by molar-refractivity contribution is 8.14. The Bertz CT molecular complexity index is 736. The van der Waals surface area contributed by atoms with Gasteiger partial charge in [0.05, 0.1) is 10.7 Å². The van der Waals surface area contributed by atoms with Gasteiger partial charge in [-0.1, -0.05) is 30.0 Å². The summed E-state index contributed by atoms with van der Waals surface area (Å²) in [6.07, 6.45) is 0.558. The van der Waals surface area contributed by atoms with Crippen LogP contribution in [-0.2, 0) is 6.42 Å². The number of nitrogens with two attached hydrogens (primary N) is 1. The van der Waals surface area contributed by atoms with E-state index in [1.807, 2.05) is 31.2 Å². The first kappa shape index (κ1) is 12.0. The highest BCUT2D eigenvalue weighted by Gasteiger charge is 2.20. The Labute approximate surface area is 114 Å². The minimum absolute atomic E-state index is 0.140. The molecule has 3 rings (SSSR count). The molecule has 1 aliphatic heterocycles. The topological polar surface area (TPSA) is 84.1 Å². The second-order valence-corrected chi connectivity index (χ2v) is 5.41. The van der Waals surface area contributed by atoms with Crippen LogP contribution in [0.3, 0.4) is 0 Å². The highest BCUT2D eigenvalue weighted by Crippen LogP contribution is 2.31. The molecular weight excluding hydrogens is 260 g/mol. The van der Waals surface area contributed by atoms with Gasteiger partial charge in [-0.3, -0.25) is 9.78 Å². The molecule has 0 aliphatic carbocycles. The summed E-state index contributed by atoms with van der Waals surface area (Å²) in [6.45, 7) is 2.05. The van der Waals surface area contributed by atoms with Crippen LogP contribution in [0, 0.1) is 6.92 Å². The molecule has 19 heavy (non-hydrogen) atoms. The number of aliphatic imine (C=N–C) groups is 1. The van der Waals surface area contributed by atoms with Crippen molar-refractivity contribution in [1.82, 2.24) is 9.97 Å². The smallest absolute Gasteiger partial charge is 0.278 e. The van der Waals surface area contributed by atoms with Crippen LogP contribution in [0.1, 0.15) is 11.3 Å². The van der Waals surface area contributed by atoms with Crippen LogP contribution in [0.2, 0.25) is 0 Å². The maximum atomic E-state index is 11.7. The molecular formula is C13H12N4OS. The van der Waals surface area contributed by atoms with Gasteiger partial charge in [-0.15, -0.1) is 0 Å². The third-order valence-corrected chi connectivity index (χ3v) is 4.01.